The van der Waals surface area contributed by atoms with Gasteiger partial charge in [0.1, 0.15) is 0 Å². The number of benzene rings is 1. The van der Waals surface area contributed by atoms with Crippen LogP contribution in [0.4, 0.5) is 0 Å². The number of nitrogens with zero attached hydrogens (tertiary/aromatic N) is 4. The molecule has 0 radical (unpaired) electrons. The lowest BCUT2D eigenvalue weighted by molar-refractivity contribution is 0.321. The third kappa shape index (κ3) is 5.53. The van der Waals surface area contributed by atoms with Gasteiger partial charge in [-0.3, -0.25) is 9.67 Å². The molecule has 0 spiro atoms. The molecule has 1 unspecified atom stereocenters. The molecule has 2 fully saturated rings. The predicted octanol–water partition coefficient (Wildman–Crippen LogP) is 4.38. The highest BCUT2D eigenvalue weighted by Gasteiger charge is 2.28. The minimum absolute atomic E-state index is 0. The number of hydrogen-bond acceptors (Lipinski definition) is 2. The van der Waals surface area contributed by atoms with Crippen molar-refractivity contribution >= 4 is 29.9 Å². The van der Waals surface area contributed by atoms with Crippen molar-refractivity contribution < 1.29 is 0 Å². The summed E-state index contributed by atoms with van der Waals surface area (Å²) in [6, 6.07) is 11.0. The zero-order valence-electron chi connectivity index (χ0n) is 17.6. The smallest absolute Gasteiger partial charge is 0.193 e. The van der Waals surface area contributed by atoms with E-state index in [4.69, 9.17) is 0 Å². The van der Waals surface area contributed by atoms with Gasteiger partial charge in [0.15, 0.2) is 5.96 Å². The summed E-state index contributed by atoms with van der Waals surface area (Å²) in [5.74, 6) is 3.13. The van der Waals surface area contributed by atoms with Crippen LogP contribution in [0.15, 0.2) is 47.7 Å². The molecule has 2 heterocycles. The molecule has 2 aliphatic rings. The van der Waals surface area contributed by atoms with Crippen molar-refractivity contribution in [2.75, 3.05) is 26.7 Å². The van der Waals surface area contributed by atoms with Crippen LogP contribution in [0.2, 0.25) is 0 Å². The fourth-order valence-electron chi connectivity index (χ4n) is 4.87. The van der Waals surface area contributed by atoms with Gasteiger partial charge in [0, 0.05) is 45.8 Å². The molecule has 2 aromatic rings. The first kappa shape index (κ1) is 22.1. The van der Waals surface area contributed by atoms with E-state index in [1.165, 1.54) is 43.2 Å². The Morgan fingerprint density at radius 3 is 2.48 bits per heavy atom. The van der Waals surface area contributed by atoms with Gasteiger partial charge in [0.25, 0.3) is 0 Å². The van der Waals surface area contributed by atoms with Crippen molar-refractivity contribution in [3.8, 4) is 0 Å². The Bertz CT molecular complexity index is 780. The van der Waals surface area contributed by atoms with E-state index in [2.05, 4.69) is 56.8 Å². The van der Waals surface area contributed by atoms with E-state index in [-0.39, 0.29) is 24.0 Å². The Morgan fingerprint density at radius 2 is 1.83 bits per heavy atom. The Kier molecular flexibility index (Phi) is 7.98. The maximum Gasteiger partial charge on any atom is 0.193 e. The zero-order chi connectivity index (χ0) is 19.3. The van der Waals surface area contributed by atoms with Gasteiger partial charge >= 0.3 is 0 Å². The fraction of sp³-hybridized carbons (Fsp3) is 0.565. The van der Waals surface area contributed by atoms with Crippen LogP contribution in [-0.4, -0.2) is 47.3 Å². The third-order valence-electron chi connectivity index (χ3n) is 6.56. The molecule has 1 N–H and O–H groups in total. The molecule has 1 aliphatic carbocycles. The van der Waals surface area contributed by atoms with Crippen LogP contribution in [0.25, 0.3) is 0 Å². The van der Waals surface area contributed by atoms with E-state index < -0.39 is 0 Å². The maximum absolute atomic E-state index is 4.56. The molecule has 4 rings (SSSR count). The van der Waals surface area contributed by atoms with Crippen molar-refractivity contribution in [2.45, 2.75) is 43.9 Å². The molecule has 1 aliphatic heterocycles. The van der Waals surface area contributed by atoms with Crippen LogP contribution in [0.5, 0.6) is 0 Å². The second-order valence-corrected chi connectivity index (χ2v) is 8.44. The first-order chi connectivity index (χ1) is 13.7. The number of hydrogen-bond donors (Lipinski definition) is 1. The monoisotopic (exact) mass is 507 g/mol. The van der Waals surface area contributed by atoms with Crippen molar-refractivity contribution in [2.24, 2.45) is 18.0 Å². The van der Waals surface area contributed by atoms with Crippen LogP contribution in [-0.2, 0) is 7.05 Å². The molecular weight excluding hydrogens is 473 g/mol. The highest BCUT2D eigenvalue weighted by molar-refractivity contribution is 14.0. The van der Waals surface area contributed by atoms with E-state index in [9.17, 15) is 0 Å². The predicted molar refractivity (Wildman–Crippen MR) is 130 cm³/mol. The summed E-state index contributed by atoms with van der Waals surface area (Å²) in [4.78, 5) is 6.97. The van der Waals surface area contributed by atoms with Gasteiger partial charge in [-0.2, -0.15) is 5.10 Å². The first-order valence-electron chi connectivity index (χ1n) is 10.7. The summed E-state index contributed by atoms with van der Waals surface area (Å²) >= 11 is 0. The van der Waals surface area contributed by atoms with E-state index in [0.29, 0.717) is 5.92 Å². The molecule has 1 aromatic carbocycles. The van der Waals surface area contributed by atoms with Gasteiger partial charge in [-0.1, -0.05) is 30.3 Å². The lowest BCUT2D eigenvalue weighted by atomic mass is 9.79. The van der Waals surface area contributed by atoms with Gasteiger partial charge in [-0.15, -0.1) is 24.0 Å². The molecule has 1 saturated heterocycles. The van der Waals surface area contributed by atoms with Crippen LogP contribution < -0.4 is 5.32 Å². The Balaban J connectivity index is 0.00000240. The molecule has 1 aromatic heterocycles. The number of rotatable bonds is 4. The second-order valence-electron chi connectivity index (χ2n) is 8.44. The summed E-state index contributed by atoms with van der Waals surface area (Å²) in [5.41, 5.74) is 2.86. The number of guanidine groups is 1. The van der Waals surface area contributed by atoms with Gasteiger partial charge in [0.05, 0.1) is 6.20 Å². The van der Waals surface area contributed by atoms with E-state index in [0.717, 1.165) is 37.4 Å². The number of likely N-dealkylation sites (tertiary alicyclic amines) is 1. The lowest BCUT2D eigenvalue weighted by Gasteiger charge is -2.30. The van der Waals surface area contributed by atoms with Crippen molar-refractivity contribution in [1.29, 1.82) is 0 Å². The largest absolute Gasteiger partial charge is 0.356 e. The zero-order valence-corrected chi connectivity index (χ0v) is 20.0. The van der Waals surface area contributed by atoms with Gasteiger partial charge in [-0.05, 0) is 55.1 Å². The standard InChI is InChI=1S/C23H33N5.HI/c1-24-23(28-13-12-21(17-28)22-15-26-27(2)16-22)25-14-18-8-10-20(11-9-18)19-6-4-3-5-7-19;/h3-7,15-16,18,20-21H,8-14,17H2,1-2H3,(H,24,25);1H. The number of aliphatic imine (C=N–C) groups is 1. The Hall–Kier alpha value is -1.57. The fourth-order valence-corrected chi connectivity index (χ4v) is 4.87. The minimum Gasteiger partial charge on any atom is -0.356 e. The second kappa shape index (κ2) is 10.5. The van der Waals surface area contributed by atoms with Gasteiger partial charge in [-0.25, -0.2) is 0 Å². The van der Waals surface area contributed by atoms with Crippen LogP contribution in [0.1, 0.15) is 55.1 Å². The highest BCUT2D eigenvalue weighted by atomic mass is 127. The van der Waals surface area contributed by atoms with Gasteiger partial charge < -0.3 is 10.2 Å². The van der Waals surface area contributed by atoms with E-state index in [1.807, 2.05) is 25.0 Å². The molecule has 1 atom stereocenters. The number of aromatic nitrogens is 2. The lowest BCUT2D eigenvalue weighted by Crippen LogP contribution is -2.42. The van der Waals surface area contributed by atoms with Crippen LogP contribution in [0, 0.1) is 5.92 Å². The first-order valence-corrected chi connectivity index (χ1v) is 10.7. The van der Waals surface area contributed by atoms with Gasteiger partial charge in [0.2, 0.25) is 0 Å². The number of halogens is 1. The maximum atomic E-state index is 4.56. The molecule has 158 valence electrons. The topological polar surface area (TPSA) is 45.5 Å². The Labute approximate surface area is 192 Å². The number of nitrogens with one attached hydrogen (secondary N) is 1. The number of aryl methyl sites for hydroxylation is 1. The summed E-state index contributed by atoms with van der Waals surface area (Å²) in [6.45, 7) is 3.15. The summed E-state index contributed by atoms with van der Waals surface area (Å²) < 4.78 is 1.90. The average Bonchev–Trinajstić information content (AvgIpc) is 3.39. The van der Waals surface area contributed by atoms with Crippen LogP contribution >= 0.6 is 24.0 Å². The average molecular weight is 507 g/mol. The normalized spacial score (nSPS) is 25.0. The molecule has 1 saturated carbocycles. The molecule has 0 bridgehead atoms. The van der Waals surface area contributed by atoms with E-state index in [1.54, 1.807) is 0 Å². The van der Waals surface area contributed by atoms with Crippen molar-refractivity contribution in [1.82, 2.24) is 20.0 Å². The molecular formula is C23H34IN5. The van der Waals surface area contributed by atoms with Crippen LogP contribution in [0.3, 0.4) is 0 Å². The van der Waals surface area contributed by atoms with Crippen molar-refractivity contribution in [3.05, 3.63) is 53.9 Å². The summed E-state index contributed by atoms with van der Waals surface area (Å²) in [7, 11) is 3.90. The molecule has 6 heteroatoms. The van der Waals surface area contributed by atoms with E-state index >= 15 is 0 Å². The molecule has 29 heavy (non-hydrogen) atoms. The molecule has 0 amide bonds. The summed E-state index contributed by atoms with van der Waals surface area (Å²) in [5, 5.41) is 8.00. The summed E-state index contributed by atoms with van der Waals surface area (Å²) in [6.07, 6.45) is 10.6. The molecule has 5 nitrogen and oxygen atoms in total. The highest BCUT2D eigenvalue weighted by Crippen LogP contribution is 2.35. The third-order valence-corrected chi connectivity index (χ3v) is 6.56. The van der Waals surface area contributed by atoms with Crippen molar-refractivity contribution in [3.63, 3.8) is 0 Å². The quantitative estimate of drug-likeness (QED) is 0.380. The SMILES string of the molecule is CN=C(NCC1CCC(c2ccccc2)CC1)N1CCC(c2cnn(C)c2)C1.I. The minimum atomic E-state index is 0. The Morgan fingerprint density at radius 1 is 1.07 bits per heavy atom.